The Kier molecular flexibility index (Phi) is 7.70. The van der Waals surface area contributed by atoms with Crippen LogP contribution in [0.15, 0.2) is 36.5 Å². The third-order valence-electron chi connectivity index (χ3n) is 9.30. The van der Waals surface area contributed by atoms with Gasteiger partial charge in [0.05, 0.1) is 0 Å². The molecule has 3 atom stereocenters. The maximum absolute atomic E-state index is 16.7. The monoisotopic (exact) mass is 573 g/mol. The van der Waals surface area contributed by atoms with E-state index in [9.17, 15) is 5.11 Å². The van der Waals surface area contributed by atoms with Gasteiger partial charge >= 0.3 is 6.01 Å². The number of benzene rings is 2. The van der Waals surface area contributed by atoms with Crippen molar-refractivity contribution in [2.45, 2.75) is 56.7 Å². The van der Waals surface area contributed by atoms with E-state index in [1.807, 2.05) is 36.5 Å². The third kappa shape index (κ3) is 5.10. The van der Waals surface area contributed by atoms with E-state index < -0.39 is 0 Å². The molecule has 0 radical (unpaired) electrons. The SMILES string of the molecule is NCCCN1CCC[C@H]1COc1nc(N2C[C@H]3CC[C@@H](C2)N3)c2ccc(-c3c[nH]c4cccc(CCO)c34)c(F)c2n1. The first-order valence-electron chi connectivity index (χ1n) is 15.4. The van der Waals surface area contributed by atoms with Gasteiger partial charge < -0.3 is 30.8 Å². The molecule has 7 rings (SSSR count). The molecule has 9 nitrogen and oxygen atoms in total. The van der Waals surface area contributed by atoms with Gasteiger partial charge in [-0.05, 0) is 75.9 Å². The molecule has 2 bridgehead atoms. The Morgan fingerprint density at radius 2 is 1.93 bits per heavy atom. The first kappa shape index (κ1) is 27.5. The Morgan fingerprint density at radius 3 is 2.74 bits per heavy atom. The Balaban J connectivity index is 1.29. The van der Waals surface area contributed by atoms with E-state index in [1.54, 1.807) is 0 Å². The molecule has 3 aliphatic heterocycles. The van der Waals surface area contributed by atoms with Crippen molar-refractivity contribution in [3.05, 3.63) is 47.9 Å². The van der Waals surface area contributed by atoms with Crippen molar-refractivity contribution in [2.75, 3.05) is 50.8 Å². The van der Waals surface area contributed by atoms with Gasteiger partial charge in [-0.1, -0.05) is 18.2 Å². The van der Waals surface area contributed by atoms with Gasteiger partial charge in [0.15, 0.2) is 5.82 Å². The highest BCUT2D eigenvalue weighted by Gasteiger charge is 2.34. The van der Waals surface area contributed by atoms with Crippen LogP contribution in [0, 0.1) is 5.82 Å². The van der Waals surface area contributed by atoms with Gasteiger partial charge in [0.1, 0.15) is 17.9 Å². The van der Waals surface area contributed by atoms with Crippen molar-refractivity contribution < 1.29 is 14.2 Å². The second kappa shape index (κ2) is 11.8. The molecule has 2 aromatic carbocycles. The quantitative estimate of drug-likeness (QED) is 0.228. The summed E-state index contributed by atoms with van der Waals surface area (Å²) < 4.78 is 22.9. The number of rotatable bonds is 10. The highest BCUT2D eigenvalue weighted by molar-refractivity contribution is 6.01. The standard InChI is InChI=1S/C32H40FN7O2/c33-29-24(26-16-35-27-6-1-4-20(11-15-41)28(26)27)9-10-25-30(29)37-32(42-19-23-5-2-13-39(23)14-3-12-34)38-31(25)40-17-21-7-8-22(18-40)36-21/h1,4,6,9-10,16,21-23,35-36,41H,2-3,5,7-8,11-15,17-19,34H2/t21-,22+,23-/m0/s1. The molecule has 3 saturated heterocycles. The molecule has 5 heterocycles. The summed E-state index contributed by atoms with van der Waals surface area (Å²) in [6, 6.07) is 11.0. The minimum absolute atomic E-state index is 0.0263. The topological polar surface area (TPSA) is 116 Å². The Labute approximate surface area is 245 Å². The minimum atomic E-state index is -0.385. The lowest BCUT2D eigenvalue weighted by Crippen LogP contribution is -2.51. The van der Waals surface area contributed by atoms with Crippen molar-refractivity contribution in [3.8, 4) is 17.1 Å². The number of hydrogen-bond acceptors (Lipinski definition) is 8. The molecular formula is C32H40FN7O2. The van der Waals surface area contributed by atoms with Crippen LogP contribution in [0.2, 0.25) is 0 Å². The number of aliphatic hydroxyl groups is 1. The molecule has 222 valence electrons. The molecule has 42 heavy (non-hydrogen) atoms. The maximum Gasteiger partial charge on any atom is 0.319 e. The van der Waals surface area contributed by atoms with Crippen LogP contribution in [0.1, 0.15) is 37.7 Å². The van der Waals surface area contributed by atoms with E-state index in [0.29, 0.717) is 42.6 Å². The Morgan fingerprint density at radius 1 is 1.07 bits per heavy atom. The zero-order valence-electron chi connectivity index (χ0n) is 24.0. The molecule has 0 unspecified atom stereocenters. The summed E-state index contributed by atoms with van der Waals surface area (Å²) in [6.45, 7) is 4.82. The predicted octanol–water partition coefficient (Wildman–Crippen LogP) is 3.58. The highest BCUT2D eigenvalue weighted by atomic mass is 19.1. The van der Waals surface area contributed by atoms with Crippen LogP contribution >= 0.6 is 0 Å². The van der Waals surface area contributed by atoms with Gasteiger partial charge in [0, 0.05) is 71.4 Å². The fraction of sp³-hybridized carbons (Fsp3) is 0.500. The summed E-state index contributed by atoms with van der Waals surface area (Å²) in [5.41, 5.74) is 9.16. The summed E-state index contributed by atoms with van der Waals surface area (Å²) in [5.74, 6) is 0.356. The van der Waals surface area contributed by atoms with Gasteiger partial charge in [0.25, 0.3) is 0 Å². The minimum Gasteiger partial charge on any atom is -0.462 e. The first-order chi connectivity index (χ1) is 20.6. The number of aromatic amines is 1. The average molecular weight is 574 g/mol. The fourth-order valence-electron chi connectivity index (χ4n) is 7.25. The predicted molar refractivity (Wildman–Crippen MR) is 163 cm³/mol. The molecule has 4 aromatic rings. The number of piperazine rings is 1. The maximum atomic E-state index is 16.7. The Bertz CT molecular complexity index is 1560. The summed E-state index contributed by atoms with van der Waals surface area (Å²) in [6.07, 6.45) is 7.77. The first-order valence-corrected chi connectivity index (χ1v) is 15.4. The molecule has 0 saturated carbocycles. The van der Waals surface area contributed by atoms with Crippen LogP contribution < -0.4 is 20.7 Å². The van der Waals surface area contributed by atoms with Crippen LogP contribution in [0.4, 0.5) is 10.2 Å². The molecule has 3 fully saturated rings. The number of likely N-dealkylation sites (tertiary alicyclic amines) is 1. The molecule has 2 aromatic heterocycles. The number of halogens is 1. The fourth-order valence-corrected chi connectivity index (χ4v) is 7.25. The molecular weight excluding hydrogens is 533 g/mol. The highest BCUT2D eigenvalue weighted by Crippen LogP contribution is 2.38. The molecule has 0 spiro atoms. The van der Waals surface area contributed by atoms with Crippen LogP contribution in [0.5, 0.6) is 6.01 Å². The molecule has 3 aliphatic rings. The molecule has 5 N–H and O–H groups in total. The lowest BCUT2D eigenvalue weighted by molar-refractivity contribution is 0.164. The molecule has 0 aliphatic carbocycles. The van der Waals surface area contributed by atoms with Gasteiger partial charge in [0.2, 0.25) is 0 Å². The van der Waals surface area contributed by atoms with Gasteiger partial charge in [-0.25, -0.2) is 4.39 Å². The number of nitrogens with zero attached hydrogens (tertiary/aromatic N) is 4. The third-order valence-corrected chi connectivity index (χ3v) is 9.30. The smallest absolute Gasteiger partial charge is 0.319 e. The van der Waals surface area contributed by atoms with Crippen molar-refractivity contribution in [1.29, 1.82) is 0 Å². The van der Waals surface area contributed by atoms with Crippen molar-refractivity contribution in [1.82, 2.24) is 25.2 Å². The van der Waals surface area contributed by atoms with E-state index in [0.717, 1.165) is 86.1 Å². The number of nitrogens with two attached hydrogens (primary N) is 1. The average Bonchev–Trinajstić information content (AvgIpc) is 3.73. The van der Waals surface area contributed by atoms with Crippen LogP contribution in [-0.4, -0.2) is 89.0 Å². The van der Waals surface area contributed by atoms with Crippen LogP contribution in [0.3, 0.4) is 0 Å². The molecule has 10 heteroatoms. The second-order valence-electron chi connectivity index (χ2n) is 12.0. The van der Waals surface area contributed by atoms with Crippen LogP contribution in [0.25, 0.3) is 32.9 Å². The van der Waals surface area contributed by atoms with E-state index >= 15 is 4.39 Å². The van der Waals surface area contributed by atoms with Crippen molar-refractivity contribution in [2.24, 2.45) is 5.73 Å². The number of hydrogen-bond donors (Lipinski definition) is 4. The number of fused-ring (bicyclic) bond motifs is 4. The summed E-state index contributed by atoms with van der Waals surface area (Å²) in [7, 11) is 0. The lowest BCUT2D eigenvalue weighted by atomic mass is 9.97. The second-order valence-corrected chi connectivity index (χ2v) is 12.0. The van der Waals surface area contributed by atoms with E-state index in [1.165, 1.54) is 0 Å². The number of aromatic nitrogens is 3. The van der Waals surface area contributed by atoms with E-state index in [-0.39, 0.29) is 30.0 Å². The number of aliphatic hydroxyl groups excluding tert-OH is 1. The number of H-pyrrole nitrogens is 1. The molecule has 0 amide bonds. The zero-order valence-corrected chi connectivity index (χ0v) is 24.0. The summed E-state index contributed by atoms with van der Waals surface area (Å²) >= 11 is 0. The van der Waals surface area contributed by atoms with E-state index in [4.69, 9.17) is 20.4 Å². The van der Waals surface area contributed by atoms with Gasteiger partial charge in [-0.15, -0.1) is 0 Å². The normalized spacial score (nSPS) is 22.5. The summed E-state index contributed by atoms with van der Waals surface area (Å²) in [4.78, 5) is 17.6. The van der Waals surface area contributed by atoms with Crippen molar-refractivity contribution in [3.63, 3.8) is 0 Å². The van der Waals surface area contributed by atoms with Crippen LogP contribution in [-0.2, 0) is 6.42 Å². The number of anilines is 1. The summed E-state index contributed by atoms with van der Waals surface area (Å²) in [5, 5.41) is 15.0. The number of ether oxygens (including phenoxy) is 1. The Hall–Kier alpha value is -3.31. The number of nitrogens with one attached hydrogen (secondary N) is 2. The van der Waals surface area contributed by atoms with E-state index in [2.05, 4.69) is 20.1 Å². The zero-order chi connectivity index (χ0) is 28.6. The van der Waals surface area contributed by atoms with Crippen molar-refractivity contribution >= 4 is 27.6 Å². The lowest BCUT2D eigenvalue weighted by Gasteiger charge is -2.34. The van der Waals surface area contributed by atoms with Gasteiger partial charge in [-0.2, -0.15) is 9.97 Å². The van der Waals surface area contributed by atoms with Gasteiger partial charge in [-0.3, -0.25) is 4.90 Å². The largest absolute Gasteiger partial charge is 0.462 e.